The number of halogens is 1. The highest BCUT2D eigenvalue weighted by Gasteiger charge is 2.04. The normalized spacial score (nSPS) is 10.5. The van der Waals surface area contributed by atoms with Crippen molar-refractivity contribution in [2.24, 2.45) is 5.90 Å². The van der Waals surface area contributed by atoms with Gasteiger partial charge < -0.3 is 9.25 Å². The van der Waals surface area contributed by atoms with E-state index in [4.69, 9.17) is 10.3 Å². The second-order valence-electron chi connectivity index (χ2n) is 2.28. The van der Waals surface area contributed by atoms with Crippen LogP contribution in [-0.4, -0.2) is 6.61 Å². The van der Waals surface area contributed by atoms with Gasteiger partial charge in [0.25, 0.3) is 0 Å². The average Bonchev–Trinajstić information content (AvgIpc) is 2.26. The molecular weight excluding hydrogens is 210 g/mol. The Balaban J connectivity index is 2.62. The maximum atomic E-state index is 5.30. The highest BCUT2D eigenvalue weighted by molar-refractivity contribution is 9.10. The zero-order valence-corrected chi connectivity index (χ0v) is 7.85. The van der Waals surface area contributed by atoms with Crippen molar-refractivity contribution in [1.82, 2.24) is 0 Å². The molecule has 0 aliphatic heterocycles. The lowest BCUT2D eigenvalue weighted by atomic mass is 10.2. The molecule has 1 aromatic rings. The zero-order valence-electron chi connectivity index (χ0n) is 6.26. The summed E-state index contributed by atoms with van der Waals surface area (Å²) < 4.78 is 6.05. The predicted octanol–water partition coefficient (Wildman–Crippen LogP) is 1.78. The molecule has 0 radical (unpaired) electrons. The van der Waals surface area contributed by atoms with E-state index in [2.05, 4.69) is 20.8 Å². The van der Waals surface area contributed by atoms with Gasteiger partial charge in [0.05, 0.1) is 6.61 Å². The van der Waals surface area contributed by atoms with Gasteiger partial charge in [0.2, 0.25) is 0 Å². The van der Waals surface area contributed by atoms with Crippen molar-refractivity contribution in [3.05, 3.63) is 22.1 Å². The number of furan rings is 1. The van der Waals surface area contributed by atoms with Crippen LogP contribution in [0.15, 0.2) is 15.2 Å². The Morgan fingerprint density at radius 1 is 1.73 bits per heavy atom. The molecule has 62 valence electrons. The minimum atomic E-state index is 0.487. The summed E-state index contributed by atoms with van der Waals surface area (Å²) >= 11 is 3.24. The van der Waals surface area contributed by atoms with Gasteiger partial charge in [0, 0.05) is 6.42 Å². The van der Waals surface area contributed by atoms with E-state index in [1.807, 2.05) is 13.0 Å². The minimum Gasteiger partial charge on any atom is -0.454 e. The molecule has 1 aromatic heterocycles. The molecule has 0 saturated heterocycles. The second-order valence-corrected chi connectivity index (χ2v) is 3.06. The summed E-state index contributed by atoms with van der Waals surface area (Å²) in [7, 11) is 0. The molecule has 3 nitrogen and oxygen atoms in total. The van der Waals surface area contributed by atoms with Gasteiger partial charge in [-0.2, -0.15) is 0 Å². The Labute approximate surface area is 73.6 Å². The molecule has 0 spiro atoms. The fourth-order valence-corrected chi connectivity index (χ4v) is 1.42. The second kappa shape index (κ2) is 3.90. The molecule has 0 aromatic carbocycles. The third-order valence-corrected chi connectivity index (χ3v) is 1.83. The minimum absolute atomic E-state index is 0.487. The number of hydrogen-bond donors (Lipinski definition) is 1. The molecule has 0 saturated carbocycles. The van der Waals surface area contributed by atoms with Gasteiger partial charge in [-0.25, -0.2) is 5.90 Å². The fraction of sp³-hybridized carbons (Fsp3) is 0.429. The van der Waals surface area contributed by atoms with Gasteiger partial charge in [-0.15, -0.1) is 0 Å². The van der Waals surface area contributed by atoms with Gasteiger partial charge in [0.1, 0.15) is 5.76 Å². The van der Waals surface area contributed by atoms with E-state index in [0.717, 1.165) is 16.0 Å². The molecule has 1 rings (SSSR count). The largest absolute Gasteiger partial charge is 0.454 e. The molecule has 11 heavy (non-hydrogen) atoms. The molecule has 0 amide bonds. The van der Waals surface area contributed by atoms with E-state index >= 15 is 0 Å². The third kappa shape index (κ3) is 2.32. The third-order valence-electron chi connectivity index (χ3n) is 1.44. The SMILES string of the molecule is Cc1cc(Br)oc1CCON. The number of hydrogen-bond acceptors (Lipinski definition) is 3. The van der Waals surface area contributed by atoms with Crippen LogP contribution in [-0.2, 0) is 11.3 Å². The van der Waals surface area contributed by atoms with Gasteiger partial charge in [-0.3, -0.25) is 0 Å². The molecule has 0 aliphatic rings. The lowest BCUT2D eigenvalue weighted by Gasteiger charge is -1.95. The highest BCUT2D eigenvalue weighted by atomic mass is 79.9. The molecule has 0 aliphatic carbocycles. The molecule has 2 N–H and O–H groups in total. The van der Waals surface area contributed by atoms with E-state index in [-0.39, 0.29) is 0 Å². The van der Waals surface area contributed by atoms with Crippen molar-refractivity contribution in [1.29, 1.82) is 0 Å². The molecule has 4 heteroatoms. The van der Waals surface area contributed by atoms with Crippen LogP contribution in [0, 0.1) is 6.92 Å². The van der Waals surface area contributed by atoms with E-state index in [9.17, 15) is 0 Å². The van der Waals surface area contributed by atoms with E-state index in [0.29, 0.717) is 13.0 Å². The Bertz CT molecular complexity index is 234. The van der Waals surface area contributed by atoms with Crippen molar-refractivity contribution < 1.29 is 9.25 Å². The van der Waals surface area contributed by atoms with Crippen molar-refractivity contribution in [2.45, 2.75) is 13.3 Å². The monoisotopic (exact) mass is 219 g/mol. The van der Waals surface area contributed by atoms with Gasteiger partial charge in [0.15, 0.2) is 4.67 Å². The van der Waals surface area contributed by atoms with E-state index < -0.39 is 0 Å². The summed E-state index contributed by atoms with van der Waals surface area (Å²) in [5.74, 6) is 5.80. The summed E-state index contributed by atoms with van der Waals surface area (Å²) in [5, 5.41) is 0. The predicted molar refractivity (Wildman–Crippen MR) is 45.0 cm³/mol. The fourth-order valence-electron chi connectivity index (χ4n) is 0.878. The summed E-state index contributed by atoms with van der Waals surface area (Å²) in [6.45, 7) is 2.47. The van der Waals surface area contributed by atoms with E-state index in [1.54, 1.807) is 0 Å². The zero-order chi connectivity index (χ0) is 8.27. The van der Waals surface area contributed by atoms with Crippen LogP contribution in [0.25, 0.3) is 0 Å². The Morgan fingerprint density at radius 2 is 2.45 bits per heavy atom. The van der Waals surface area contributed by atoms with Crippen LogP contribution < -0.4 is 5.90 Å². The number of rotatable bonds is 3. The first-order valence-corrected chi connectivity index (χ1v) is 4.10. The molecule has 0 fully saturated rings. The molecular formula is C7H10BrNO2. The van der Waals surface area contributed by atoms with Crippen LogP contribution >= 0.6 is 15.9 Å². The van der Waals surface area contributed by atoms with Crippen LogP contribution in [0.3, 0.4) is 0 Å². The van der Waals surface area contributed by atoms with Crippen LogP contribution in [0.5, 0.6) is 0 Å². The topological polar surface area (TPSA) is 48.4 Å². The van der Waals surface area contributed by atoms with Gasteiger partial charge in [-0.1, -0.05) is 0 Å². The smallest absolute Gasteiger partial charge is 0.169 e. The average molecular weight is 220 g/mol. The number of aryl methyl sites for hydroxylation is 1. The Morgan fingerprint density at radius 3 is 2.91 bits per heavy atom. The maximum absolute atomic E-state index is 5.30. The molecule has 0 unspecified atom stereocenters. The first kappa shape index (κ1) is 8.77. The molecule has 1 heterocycles. The summed E-state index contributed by atoms with van der Waals surface area (Å²) in [5.41, 5.74) is 1.12. The van der Waals surface area contributed by atoms with Crippen LogP contribution in [0.4, 0.5) is 0 Å². The molecule has 0 bridgehead atoms. The van der Waals surface area contributed by atoms with E-state index in [1.165, 1.54) is 0 Å². The van der Waals surface area contributed by atoms with Gasteiger partial charge in [-0.05, 0) is 34.5 Å². The van der Waals surface area contributed by atoms with Crippen molar-refractivity contribution in [2.75, 3.05) is 6.61 Å². The molecule has 0 atom stereocenters. The summed E-state index contributed by atoms with van der Waals surface area (Å²) in [4.78, 5) is 4.43. The quantitative estimate of drug-likeness (QED) is 0.790. The van der Waals surface area contributed by atoms with Gasteiger partial charge >= 0.3 is 0 Å². The lowest BCUT2D eigenvalue weighted by Crippen LogP contribution is -2.03. The van der Waals surface area contributed by atoms with Crippen LogP contribution in [0.1, 0.15) is 11.3 Å². The first-order chi connectivity index (χ1) is 5.24. The summed E-state index contributed by atoms with van der Waals surface area (Å²) in [6.07, 6.45) is 0.716. The maximum Gasteiger partial charge on any atom is 0.169 e. The Kier molecular flexibility index (Phi) is 3.11. The van der Waals surface area contributed by atoms with Crippen LogP contribution in [0.2, 0.25) is 0 Å². The van der Waals surface area contributed by atoms with Crippen molar-refractivity contribution in [3.8, 4) is 0 Å². The Hall–Kier alpha value is -0.320. The van der Waals surface area contributed by atoms with Crippen molar-refractivity contribution >= 4 is 15.9 Å². The van der Waals surface area contributed by atoms with Crippen molar-refractivity contribution in [3.63, 3.8) is 0 Å². The number of nitrogens with two attached hydrogens (primary N) is 1. The lowest BCUT2D eigenvalue weighted by molar-refractivity contribution is 0.137. The standard InChI is InChI=1S/C7H10BrNO2/c1-5-4-7(8)11-6(5)2-3-10-9/h4H,2-3,9H2,1H3. The highest BCUT2D eigenvalue weighted by Crippen LogP contribution is 2.19. The summed E-state index contributed by atoms with van der Waals surface area (Å²) in [6, 6.07) is 1.92. The first-order valence-electron chi connectivity index (χ1n) is 3.30.